The molecule has 21 heavy (non-hydrogen) atoms. The third-order valence-electron chi connectivity index (χ3n) is 5.07. The van der Waals surface area contributed by atoms with Gasteiger partial charge in [-0.05, 0) is 48.2 Å². The first kappa shape index (κ1) is 14.5. The van der Waals surface area contributed by atoms with Gasteiger partial charge in [0.15, 0.2) is 0 Å². The topological polar surface area (TPSA) is 24.9 Å². The van der Waals surface area contributed by atoms with Crippen LogP contribution in [0.4, 0.5) is 0 Å². The Bertz CT molecular complexity index is 594. The number of hydrogen-bond donors (Lipinski definition) is 1. The van der Waals surface area contributed by atoms with Gasteiger partial charge in [-0.25, -0.2) is 0 Å². The summed E-state index contributed by atoms with van der Waals surface area (Å²) in [6.07, 6.45) is 10.5. The third-order valence-corrected chi connectivity index (χ3v) is 5.07. The maximum absolute atomic E-state index is 4.36. The van der Waals surface area contributed by atoms with Gasteiger partial charge in [-0.2, -0.15) is 0 Å². The van der Waals surface area contributed by atoms with Crippen LogP contribution >= 0.6 is 0 Å². The summed E-state index contributed by atoms with van der Waals surface area (Å²) in [6, 6.07) is 9.23. The fraction of sp³-hybridized carbons (Fsp3) is 0.526. The molecule has 0 spiro atoms. The highest BCUT2D eigenvalue weighted by Crippen LogP contribution is 2.48. The number of nitrogens with zero attached hydrogens (tertiary/aromatic N) is 1. The Kier molecular flexibility index (Phi) is 4.25. The van der Waals surface area contributed by atoms with Gasteiger partial charge in [0.2, 0.25) is 0 Å². The Labute approximate surface area is 128 Å². The zero-order chi connectivity index (χ0) is 14.7. The predicted octanol–water partition coefficient (Wildman–Crippen LogP) is 4.86. The summed E-state index contributed by atoms with van der Waals surface area (Å²) in [5, 5.41) is 6.44. The third kappa shape index (κ3) is 2.82. The highest BCUT2D eigenvalue weighted by atomic mass is 14.9. The van der Waals surface area contributed by atoms with Gasteiger partial charge in [0, 0.05) is 23.8 Å². The van der Waals surface area contributed by atoms with Crippen molar-refractivity contribution in [3.05, 3.63) is 42.2 Å². The number of aromatic nitrogens is 1. The van der Waals surface area contributed by atoms with E-state index in [1.807, 2.05) is 12.4 Å². The van der Waals surface area contributed by atoms with Gasteiger partial charge in [0.25, 0.3) is 0 Å². The standard InChI is InChI=1S/C19H26N2/c1-3-12-21-18(19(2)10-4-5-11-19)16-8-6-7-15-9-13-20-14-17(15)16/h6-9,13-14,18,21H,3-5,10-12H2,1-2H3. The molecular weight excluding hydrogens is 256 g/mol. The Morgan fingerprint density at radius 1 is 1.24 bits per heavy atom. The van der Waals surface area contributed by atoms with E-state index in [1.54, 1.807) is 0 Å². The van der Waals surface area contributed by atoms with E-state index >= 15 is 0 Å². The normalized spacial score (nSPS) is 19.0. The molecule has 1 unspecified atom stereocenters. The number of hydrogen-bond acceptors (Lipinski definition) is 2. The number of fused-ring (bicyclic) bond motifs is 1. The van der Waals surface area contributed by atoms with Crippen molar-refractivity contribution in [1.82, 2.24) is 10.3 Å². The van der Waals surface area contributed by atoms with Crippen molar-refractivity contribution in [1.29, 1.82) is 0 Å². The molecule has 0 radical (unpaired) electrons. The van der Waals surface area contributed by atoms with Gasteiger partial charge in [0.05, 0.1) is 0 Å². The highest BCUT2D eigenvalue weighted by molar-refractivity contribution is 5.85. The van der Waals surface area contributed by atoms with E-state index in [-0.39, 0.29) is 0 Å². The maximum Gasteiger partial charge on any atom is 0.0381 e. The van der Waals surface area contributed by atoms with Crippen LogP contribution in [0.15, 0.2) is 36.7 Å². The SMILES string of the molecule is CCCNC(c1cccc2ccncc12)C1(C)CCCC1. The fourth-order valence-corrected chi connectivity index (χ4v) is 3.88. The van der Waals surface area contributed by atoms with E-state index in [9.17, 15) is 0 Å². The van der Waals surface area contributed by atoms with E-state index in [4.69, 9.17) is 0 Å². The van der Waals surface area contributed by atoms with Crippen molar-refractivity contribution in [3.8, 4) is 0 Å². The lowest BCUT2D eigenvalue weighted by molar-refractivity contribution is 0.225. The quantitative estimate of drug-likeness (QED) is 0.847. The summed E-state index contributed by atoms with van der Waals surface area (Å²) in [6.45, 7) is 5.78. The first-order chi connectivity index (χ1) is 10.2. The molecule has 3 rings (SSSR count). The lowest BCUT2D eigenvalue weighted by atomic mass is 9.76. The van der Waals surface area contributed by atoms with Crippen molar-refractivity contribution in [2.75, 3.05) is 6.54 Å². The van der Waals surface area contributed by atoms with Crippen LogP contribution in [-0.2, 0) is 0 Å². The van der Waals surface area contributed by atoms with E-state index in [0.717, 1.165) is 6.54 Å². The van der Waals surface area contributed by atoms with Crippen LogP contribution in [0, 0.1) is 5.41 Å². The Morgan fingerprint density at radius 2 is 2.05 bits per heavy atom. The number of rotatable bonds is 5. The molecule has 1 atom stereocenters. The molecule has 1 saturated carbocycles. The fourth-order valence-electron chi connectivity index (χ4n) is 3.88. The molecule has 1 N–H and O–H groups in total. The molecule has 1 aromatic heterocycles. The van der Waals surface area contributed by atoms with Crippen LogP contribution < -0.4 is 5.32 Å². The molecule has 2 heteroatoms. The number of nitrogens with one attached hydrogen (secondary N) is 1. The molecule has 112 valence electrons. The average Bonchev–Trinajstić information content (AvgIpc) is 2.95. The molecule has 0 aliphatic heterocycles. The van der Waals surface area contributed by atoms with Crippen molar-refractivity contribution in [2.45, 2.75) is 52.0 Å². The predicted molar refractivity (Wildman–Crippen MR) is 89.4 cm³/mol. The average molecular weight is 282 g/mol. The van der Waals surface area contributed by atoms with Gasteiger partial charge < -0.3 is 5.32 Å². The molecule has 1 heterocycles. The lowest BCUT2D eigenvalue weighted by Crippen LogP contribution is -2.35. The van der Waals surface area contributed by atoms with Crippen molar-refractivity contribution in [2.24, 2.45) is 5.41 Å². The van der Waals surface area contributed by atoms with E-state index < -0.39 is 0 Å². The number of pyridine rings is 1. The Morgan fingerprint density at radius 3 is 2.81 bits per heavy atom. The Hall–Kier alpha value is -1.41. The molecule has 0 saturated heterocycles. The van der Waals surface area contributed by atoms with Gasteiger partial charge in [-0.15, -0.1) is 0 Å². The highest BCUT2D eigenvalue weighted by Gasteiger charge is 2.38. The molecule has 2 aromatic rings. The first-order valence-electron chi connectivity index (χ1n) is 8.30. The monoisotopic (exact) mass is 282 g/mol. The second-order valence-corrected chi connectivity index (χ2v) is 6.69. The van der Waals surface area contributed by atoms with Gasteiger partial charge in [0.1, 0.15) is 0 Å². The van der Waals surface area contributed by atoms with Crippen molar-refractivity contribution >= 4 is 10.8 Å². The van der Waals surface area contributed by atoms with E-state index in [0.29, 0.717) is 11.5 Å². The summed E-state index contributed by atoms with van der Waals surface area (Å²) in [4.78, 5) is 4.36. The summed E-state index contributed by atoms with van der Waals surface area (Å²) < 4.78 is 0. The zero-order valence-corrected chi connectivity index (χ0v) is 13.2. The lowest BCUT2D eigenvalue weighted by Gasteiger charge is -2.36. The summed E-state index contributed by atoms with van der Waals surface area (Å²) in [5.74, 6) is 0. The maximum atomic E-state index is 4.36. The van der Waals surface area contributed by atoms with E-state index in [2.05, 4.69) is 48.4 Å². The summed E-state index contributed by atoms with van der Waals surface area (Å²) >= 11 is 0. The molecule has 1 aromatic carbocycles. The largest absolute Gasteiger partial charge is 0.309 e. The van der Waals surface area contributed by atoms with E-state index in [1.165, 1.54) is 48.4 Å². The first-order valence-corrected chi connectivity index (χ1v) is 8.30. The number of benzene rings is 1. The van der Waals surface area contributed by atoms with Crippen LogP contribution in [0.3, 0.4) is 0 Å². The minimum atomic E-state index is 0.374. The molecule has 1 aliphatic carbocycles. The Balaban J connectivity index is 2.05. The molecule has 0 amide bonds. The van der Waals surface area contributed by atoms with Gasteiger partial charge in [-0.3, -0.25) is 4.98 Å². The second-order valence-electron chi connectivity index (χ2n) is 6.69. The van der Waals surface area contributed by atoms with Gasteiger partial charge in [-0.1, -0.05) is 44.9 Å². The van der Waals surface area contributed by atoms with Crippen LogP contribution in [0.5, 0.6) is 0 Å². The summed E-state index contributed by atoms with van der Waals surface area (Å²) in [5.41, 5.74) is 1.80. The van der Waals surface area contributed by atoms with Crippen molar-refractivity contribution < 1.29 is 0 Å². The van der Waals surface area contributed by atoms with Gasteiger partial charge >= 0.3 is 0 Å². The van der Waals surface area contributed by atoms with Crippen LogP contribution in [-0.4, -0.2) is 11.5 Å². The van der Waals surface area contributed by atoms with Crippen LogP contribution in [0.1, 0.15) is 57.6 Å². The molecule has 1 aliphatic rings. The minimum absolute atomic E-state index is 0.374. The van der Waals surface area contributed by atoms with Crippen molar-refractivity contribution in [3.63, 3.8) is 0 Å². The zero-order valence-electron chi connectivity index (χ0n) is 13.2. The van der Waals surface area contributed by atoms with Crippen LogP contribution in [0.2, 0.25) is 0 Å². The minimum Gasteiger partial charge on any atom is -0.309 e. The molecule has 0 bridgehead atoms. The molecule has 1 fully saturated rings. The van der Waals surface area contributed by atoms with Crippen LogP contribution in [0.25, 0.3) is 10.8 Å². The second kappa shape index (κ2) is 6.15. The smallest absolute Gasteiger partial charge is 0.0381 e. The molecule has 2 nitrogen and oxygen atoms in total. The summed E-state index contributed by atoms with van der Waals surface area (Å²) in [7, 11) is 0. The molecular formula is C19H26N2.